The first-order valence-corrected chi connectivity index (χ1v) is 19.0. The van der Waals surface area contributed by atoms with Gasteiger partial charge in [0.25, 0.3) is 0 Å². The molecule has 53 heavy (non-hydrogen) atoms. The van der Waals surface area contributed by atoms with Gasteiger partial charge in [0.1, 0.15) is 5.82 Å². The predicted molar refractivity (Wildman–Crippen MR) is 203 cm³/mol. The number of ketones is 1. The summed E-state index contributed by atoms with van der Waals surface area (Å²) in [6.45, 7) is 12.6. The summed E-state index contributed by atoms with van der Waals surface area (Å²) in [5.41, 5.74) is -5.89. The predicted octanol–water partition coefficient (Wildman–Crippen LogP) is 11.7. The Hall–Kier alpha value is -4.30. The van der Waals surface area contributed by atoms with E-state index in [0.717, 1.165) is 17.7 Å². The van der Waals surface area contributed by atoms with Gasteiger partial charge in [-0.3, -0.25) is 18.4 Å². The number of Topliss-reactive ketones (excluding diaryl/α,β-unsaturated/α-hetero) is 1. The van der Waals surface area contributed by atoms with E-state index < -0.39 is 47.2 Å². The van der Waals surface area contributed by atoms with Gasteiger partial charge < -0.3 is 4.74 Å². The van der Waals surface area contributed by atoms with Crippen LogP contribution in [0.5, 0.6) is 0 Å². The van der Waals surface area contributed by atoms with Gasteiger partial charge in [-0.15, -0.1) is 0 Å². The summed E-state index contributed by atoms with van der Waals surface area (Å²) >= 11 is 0. The second kappa shape index (κ2) is 16.4. The summed E-state index contributed by atoms with van der Waals surface area (Å²) in [6.07, 6.45) is 3.59. The standard InChI is InChI=1S/C43H48F3O6P/c1-30(2)50-39(48)34-18-24-35(25-19-34)42(28-12-15-31-13-10-9-11-14-31,38(47)33-20-26-37(44)27-21-33)29-32-16-22-36(23-17-32)43(45,46)53(49,51-40(3,4)5)52-41(6,7)8/h9-27,30H,28-29H2,1-8H3/b15-12+. The van der Waals surface area contributed by atoms with Crippen molar-refractivity contribution in [3.63, 3.8) is 0 Å². The maximum atomic E-state index is 16.2. The molecular formula is C43H48F3O6P. The van der Waals surface area contributed by atoms with Crippen LogP contribution in [-0.2, 0) is 35.8 Å². The molecule has 0 radical (unpaired) electrons. The van der Waals surface area contributed by atoms with E-state index in [1.54, 1.807) is 38.1 Å². The topological polar surface area (TPSA) is 78.9 Å². The zero-order valence-corrected chi connectivity index (χ0v) is 32.4. The average Bonchev–Trinajstić information content (AvgIpc) is 3.06. The van der Waals surface area contributed by atoms with Crippen molar-refractivity contribution in [3.8, 4) is 0 Å². The Labute approximate surface area is 310 Å². The van der Waals surface area contributed by atoms with Crippen LogP contribution in [0.1, 0.15) is 105 Å². The number of rotatable bonds is 14. The third-order valence-corrected chi connectivity index (χ3v) is 10.6. The van der Waals surface area contributed by atoms with E-state index >= 15 is 8.78 Å². The van der Waals surface area contributed by atoms with Crippen molar-refractivity contribution in [2.75, 3.05) is 0 Å². The Balaban J connectivity index is 1.85. The molecule has 282 valence electrons. The van der Waals surface area contributed by atoms with E-state index in [-0.39, 0.29) is 35.9 Å². The Bertz CT molecular complexity index is 1910. The second-order valence-corrected chi connectivity index (χ2v) is 17.2. The molecule has 1 atom stereocenters. The highest BCUT2D eigenvalue weighted by Crippen LogP contribution is 2.69. The molecule has 4 aromatic rings. The maximum absolute atomic E-state index is 16.2. The molecule has 0 heterocycles. The van der Waals surface area contributed by atoms with Crippen LogP contribution in [-0.4, -0.2) is 29.1 Å². The van der Waals surface area contributed by atoms with E-state index in [2.05, 4.69) is 0 Å². The van der Waals surface area contributed by atoms with Crippen LogP contribution in [0, 0.1) is 5.82 Å². The SMILES string of the molecule is CC(C)OC(=O)c1ccc(C(C/C=C/c2ccccc2)(Cc2ccc(C(F)(F)P(=O)(OC(C)(C)C)OC(C)(C)C)cc2)C(=O)c2ccc(F)cc2)cc1. The van der Waals surface area contributed by atoms with Crippen molar-refractivity contribution in [2.24, 2.45) is 0 Å². The van der Waals surface area contributed by atoms with Crippen molar-refractivity contribution in [3.05, 3.63) is 148 Å². The van der Waals surface area contributed by atoms with Gasteiger partial charge in [-0.1, -0.05) is 78.9 Å². The smallest absolute Gasteiger partial charge is 0.405 e. The Morgan fingerprint density at radius 1 is 0.717 bits per heavy atom. The number of esters is 1. The van der Waals surface area contributed by atoms with Crippen molar-refractivity contribution < 1.29 is 41.1 Å². The molecular weight excluding hydrogens is 700 g/mol. The monoisotopic (exact) mass is 748 g/mol. The molecule has 0 aliphatic carbocycles. The number of carbonyl (C=O) groups is 2. The number of hydrogen-bond donors (Lipinski definition) is 0. The molecule has 0 spiro atoms. The summed E-state index contributed by atoms with van der Waals surface area (Å²) in [6, 6.07) is 26.5. The van der Waals surface area contributed by atoms with Gasteiger partial charge in [0, 0.05) is 11.1 Å². The molecule has 0 N–H and O–H groups in total. The van der Waals surface area contributed by atoms with Gasteiger partial charge >= 0.3 is 19.2 Å². The minimum atomic E-state index is -5.08. The summed E-state index contributed by atoms with van der Waals surface area (Å²) in [5, 5.41) is 0. The first-order chi connectivity index (χ1) is 24.6. The molecule has 0 aliphatic heterocycles. The second-order valence-electron chi connectivity index (χ2n) is 15.3. The highest BCUT2D eigenvalue weighted by atomic mass is 31.2. The van der Waals surface area contributed by atoms with Crippen molar-refractivity contribution >= 4 is 25.4 Å². The van der Waals surface area contributed by atoms with Crippen LogP contribution in [0.4, 0.5) is 13.2 Å². The molecule has 0 saturated heterocycles. The highest BCUT2D eigenvalue weighted by molar-refractivity contribution is 7.54. The first-order valence-electron chi connectivity index (χ1n) is 17.5. The molecule has 1 unspecified atom stereocenters. The molecule has 0 amide bonds. The van der Waals surface area contributed by atoms with Crippen LogP contribution in [0.15, 0.2) is 109 Å². The number of carbonyl (C=O) groups excluding carboxylic acids is 2. The number of ether oxygens (including phenoxy) is 1. The van der Waals surface area contributed by atoms with Crippen LogP contribution in [0.25, 0.3) is 6.08 Å². The zero-order chi connectivity index (χ0) is 39.2. The van der Waals surface area contributed by atoms with Gasteiger partial charge in [0.05, 0.1) is 28.3 Å². The fourth-order valence-electron chi connectivity index (χ4n) is 5.83. The molecule has 0 bridgehead atoms. The minimum Gasteiger partial charge on any atom is -0.459 e. The normalized spacial score (nSPS) is 14.0. The Morgan fingerprint density at radius 2 is 1.23 bits per heavy atom. The van der Waals surface area contributed by atoms with Crippen LogP contribution >= 0.6 is 7.60 Å². The average molecular weight is 749 g/mol. The van der Waals surface area contributed by atoms with Crippen LogP contribution in [0.2, 0.25) is 0 Å². The number of hydrogen-bond acceptors (Lipinski definition) is 6. The van der Waals surface area contributed by atoms with Gasteiger partial charge in [-0.2, -0.15) is 8.78 Å². The van der Waals surface area contributed by atoms with E-state index in [0.29, 0.717) is 11.1 Å². The number of alkyl halides is 2. The number of halogens is 3. The fraction of sp³-hybridized carbons (Fsp3) is 0.349. The largest absolute Gasteiger partial charge is 0.459 e. The molecule has 0 aliphatic rings. The Morgan fingerprint density at radius 3 is 1.74 bits per heavy atom. The fourth-order valence-corrected chi connectivity index (χ4v) is 8.00. The van der Waals surface area contributed by atoms with E-state index in [1.807, 2.05) is 42.5 Å². The first kappa shape index (κ1) is 41.5. The van der Waals surface area contributed by atoms with Crippen molar-refractivity contribution in [1.82, 2.24) is 0 Å². The highest BCUT2D eigenvalue weighted by Gasteiger charge is 2.58. The lowest BCUT2D eigenvalue weighted by Gasteiger charge is -2.36. The van der Waals surface area contributed by atoms with Gasteiger partial charge in [-0.05, 0) is 121 Å². The van der Waals surface area contributed by atoms with Crippen molar-refractivity contribution in [2.45, 2.75) is 96.6 Å². The number of benzene rings is 4. The molecule has 6 nitrogen and oxygen atoms in total. The minimum absolute atomic E-state index is 0.0264. The molecule has 10 heteroatoms. The van der Waals surface area contributed by atoms with E-state index in [1.165, 1.54) is 77.9 Å². The molecule has 0 aromatic heterocycles. The maximum Gasteiger partial charge on any atom is 0.405 e. The number of allylic oxidation sites excluding steroid dienone is 1. The van der Waals surface area contributed by atoms with E-state index in [4.69, 9.17) is 13.8 Å². The molecule has 4 aromatic carbocycles. The van der Waals surface area contributed by atoms with Gasteiger partial charge in [0.2, 0.25) is 0 Å². The van der Waals surface area contributed by atoms with Gasteiger partial charge in [0.15, 0.2) is 5.78 Å². The lowest BCUT2D eigenvalue weighted by Crippen LogP contribution is -2.38. The Kier molecular flexibility index (Phi) is 12.8. The third kappa shape index (κ3) is 10.7. The lowest BCUT2D eigenvalue weighted by molar-refractivity contribution is -0.0213. The quantitative estimate of drug-likeness (QED) is 0.0726. The van der Waals surface area contributed by atoms with Gasteiger partial charge in [-0.25, -0.2) is 9.18 Å². The van der Waals surface area contributed by atoms with Crippen LogP contribution in [0.3, 0.4) is 0 Å². The summed E-state index contributed by atoms with van der Waals surface area (Å²) < 4.78 is 76.8. The summed E-state index contributed by atoms with van der Waals surface area (Å²) in [4.78, 5) is 27.5. The molecule has 0 fully saturated rings. The van der Waals surface area contributed by atoms with E-state index in [9.17, 15) is 18.5 Å². The van der Waals surface area contributed by atoms with Crippen molar-refractivity contribution in [1.29, 1.82) is 0 Å². The van der Waals surface area contributed by atoms with Crippen LogP contribution < -0.4 is 0 Å². The molecule has 4 rings (SSSR count). The summed E-state index contributed by atoms with van der Waals surface area (Å²) in [7, 11) is -5.08. The third-order valence-electron chi connectivity index (χ3n) is 8.07. The zero-order valence-electron chi connectivity index (χ0n) is 31.5. The lowest BCUT2D eigenvalue weighted by atomic mass is 9.68. The summed E-state index contributed by atoms with van der Waals surface area (Å²) in [5.74, 6) is -1.38. The molecule has 0 saturated carbocycles.